The average Bonchev–Trinajstić information content (AvgIpc) is 2.73. The van der Waals surface area contributed by atoms with Gasteiger partial charge < -0.3 is 33.2 Å². The fourth-order valence-corrected chi connectivity index (χ4v) is 2.69. The Hall–Kier alpha value is -0.280. The van der Waals surface area contributed by atoms with Crippen molar-refractivity contribution in [1.29, 1.82) is 0 Å². The van der Waals surface area contributed by atoms with Gasteiger partial charge >= 0.3 is 0 Å². The van der Waals surface area contributed by atoms with Gasteiger partial charge in [0.15, 0.2) is 6.29 Å². The smallest absolute Gasteiger partial charge is 0.157 e. The molecule has 0 bridgehead atoms. The lowest BCUT2D eigenvalue weighted by Gasteiger charge is -2.22. The van der Waals surface area contributed by atoms with Crippen LogP contribution in [-0.2, 0) is 33.2 Å². The van der Waals surface area contributed by atoms with Crippen LogP contribution in [0.15, 0.2) is 0 Å². The number of rotatable bonds is 21. The molecule has 0 aromatic carbocycles. The van der Waals surface area contributed by atoms with E-state index in [1.807, 2.05) is 0 Å². The molecule has 168 valence electrons. The Labute approximate surface area is 171 Å². The molecule has 0 radical (unpaired) electrons. The molecular formula is C21H42O7. The van der Waals surface area contributed by atoms with Crippen molar-refractivity contribution in [3.63, 3.8) is 0 Å². The molecule has 28 heavy (non-hydrogen) atoms. The first-order valence-electron chi connectivity index (χ1n) is 11.1. The zero-order valence-electron chi connectivity index (χ0n) is 17.9. The van der Waals surface area contributed by atoms with E-state index in [1.165, 1.54) is 25.7 Å². The number of hydrogen-bond donors (Lipinski definition) is 0. The van der Waals surface area contributed by atoms with Crippen LogP contribution in [-0.4, -0.2) is 85.6 Å². The minimum Gasteiger partial charge on any atom is -0.379 e. The van der Waals surface area contributed by atoms with E-state index in [9.17, 15) is 0 Å². The van der Waals surface area contributed by atoms with E-state index in [1.54, 1.807) is 0 Å². The van der Waals surface area contributed by atoms with Gasteiger partial charge in [-0.2, -0.15) is 0 Å². The standard InChI is InChI=1S/C21H42O7/c1-2-3-4-6-9-22-11-12-23-13-14-24-15-16-25-17-18-26-19-20-28-21-8-5-7-10-27-21/h21H,2-20H2,1H3. The van der Waals surface area contributed by atoms with Crippen LogP contribution in [0.25, 0.3) is 0 Å². The molecule has 7 heteroatoms. The lowest BCUT2D eigenvalue weighted by atomic mass is 10.2. The van der Waals surface area contributed by atoms with E-state index in [4.69, 9.17) is 33.2 Å². The first kappa shape index (κ1) is 25.8. The molecule has 1 atom stereocenters. The summed E-state index contributed by atoms with van der Waals surface area (Å²) >= 11 is 0. The zero-order valence-corrected chi connectivity index (χ0v) is 17.9. The summed E-state index contributed by atoms with van der Waals surface area (Å²) in [7, 11) is 0. The topological polar surface area (TPSA) is 64.6 Å². The quantitative estimate of drug-likeness (QED) is 0.271. The van der Waals surface area contributed by atoms with E-state index in [0.29, 0.717) is 66.1 Å². The summed E-state index contributed by atoms with van der Waals surface area (Å²) in [6.07, 6.45) is 8.21. The Balaban J connectivity index is 1.64. The van der Waals surface area contributed by atoms with Crippen LogP contribution >= 0.6 is 0 Å². The van der Waals surface area contributed by atoms with Gasteiger partial charge in [-0.3, -0.25) is 0 Å². The molecule has 1 saturated heterocycles. The fraction of sp³-hybridized carbons (Fsp3) is 1.00. The third-order valence-corrected chi connectivity index (χ3v) is 4.30. The van der Waals surface area contributed by atoms with Gasteiger partial charge in [-0.1, -0.05) is 26.2 Å². The Bertz CT molecular complexity index is 298. The lowest BCUT2D eigenvalue weighted by molar-refractivity contribution is -0.169. The first-order valence-corrected chi connectivity index (χ1v) is 11.1. The summed E-state index contributed by atoms with van der Waals surface area (Å²) in [5.74, 6) is 0. The second-order valence-electron chi connectivity index (χ2n) is 6.79. The van der Waals surface area contributed by atoms with Gasteiger partial charge in [0.05, 0.1) is 66.1 Å². The van der Waals surface area contributed by atoms with Crippen molar-refractivity contribution in [3.8, 4) is 0 Å². The zero-order chi connectivity index (χ0) is 20.0. The van der Waals surface area contributed by atoms with Crippen LogP contribution in [0.4, 0.5) is 0 Å². The molecule has 1 fully saturated rings. The molecule has 0 aromatic heterocycles. The minimum absolute atomic E-state index is 0.0437. The molecule has 0 amide bonds. The number of unbranched alkanes of at least 4 members (excludes halogenated alkanes) is 3. The van der Waals surface area contributed by atoms with Crippen LogP contribution in [0.5, 0.6) is 0 Å². The van der Waals surface area contributed by atoms with E-state index in [2.05, 4.69) is 6.92 Å². The van der Waals surface area contributed by atoms with Gasteiger partial charge in [-0.25, -0.2) is 0 Å². The van der Waals surface area contributed by atoms with Crippen LogP contribution in [0.2, 0.25) is 0 Å². The Morgan fingerprint density at radius 2 is 1.14 bits per heavy atom. The molecule has 0 spiro atoms. The molecule has 1 unspecified atom stereocenters. The molecule has 1 aliphatic heterocycles. The SMILES string of the molecule is CCCCCCOCCOCCOCCOCCOCCOC1CCCCO1. The van der Waals surface area contributed by atoms with Gasteiger partial charge in [-0.15, -0.1) is 0 Å². The van der Waals surface area contributed by atoms with E-state index in [-0.39, 0.29) is 6.29 Å². The molecule has 0 N–H and O–H groups in total. The Kier molecular flexibility index (Phi) is 19.7. The summed E-state index contributed by atoms with van der Waals surface area (Å²) in [5.41, 5.74) is 0. The second-order valence-corrected chi connectivity index (χ2v) is 6.79. The highest BCUT2D eigenvalue weighted by atomic mass is 16.7. The van der Waals surface area contributed by atoms with Crippen LogP contribution in [0.3, 0.4) is 0 Å². The van der Waals surface area contributed by atoms with Crippen molar-refractivity contribution in [3.05, 3.63) is 0 Å². The van der Waals surface area contributed by atoms with Gasteiger partial charge in [0, 0.05) is 13.2 Å². The summed E-state index contributed by atoms with van der Waals surface area (Å²) < 4.78 is 38.4. The Morgan fingerprint density at radius 1 is 0.607 bits per heavy atom. The van der Waals surface area contributed by atoms with Crippen molar-refractivity contribution in [1.82, 2.24) is 0 Å². The van der Waals surface area contributed by atoms with Crippen molar-refractivity contribution in [2.24, 2.45) is 0 Å². The maximum absolute atomic E-state index is 5.59. The summed E-state index contributed by atoms with van der Waals surface area (Å²) in [6.45, 7) is 9.71. The summed E-state index contributed by atoms with van der Waals surface area (Å²) in [5, 5.41) is 0. The highest BCUT2D eigenvalue weighted by Crippen LogP contribution is 2.13. The minimum atomic E-state index is -0.0437. The third kappa shape index (κ3) is 17.8. The predicted molar refractivity (Wildman–Crippen MR) is 108 cm³/mol. The Morgan fingerprint density at radius 3 is 1.64 bits per heavy atom. The lowest BCUT2D eigenvalue weighted by Crippen LogP contribution is -2.24. The van der Waals surface area contributed by atoms with Gasteiger partial charge in [0.1, 0.15) is 0 Å². The molecular weight excluding hydrogens is 364 g/mol. The molecule has 1 rings (SSSR count). The van der Waals surface area contributed by atoms with Crippen molar-refractivity contribution >= 4 is 0 Å². The van der Waals surface area contributed by atoms with Gasteiger partial charge in [0.25, 0.3) is 0 Å². The van der Waals surface area contributed by atoms with E-state index >= 15 is 0 Å². The first-order chi connectivity index (χ1) is 13.9. The van der Waals surface area contributed by atoms with Crippen LogP contribution in [0.1, 0.15) is 51.9 Å². The van der Waals surface area contributed by atoms with E-state index in [0.717, 1.165) is 32.5 Å². The highest BCUT2D eigenvalue weighted by molar-refractivity contribution is 4.53. The van der Waals surface area contributed by atoms with Crippen LogP contribution < -0.4 is 0 Å². The largest absolute Gasteiger partial charge is 0.379 e. The second kappa shape index (κ2) is 21.4. The number of hydrogen-bond acceptors (Lipinski definition) is 7. The van der Waals surface area contributed by atoms with Gasteiger partial charge in [-0.05, 0) is 25.7 Å². The molecule has 0 saturated carbocycles. The van der Waals surface area contributed by atoms with Crippen molar-refractivity contribution < 1.29 is 33.2 Å². The average molecular weight is 407 g/mol. The van der Waals surface area contributed by atoms with Crippen molar-refractivity contribution in [2.45, 2.75) is 58.2 Å². The third-order valence-electron chi connectivity index (χ3n) is 4.30. The monoisotopic (exact) mass is 406 g/mol. The molecule has 0 aliphatic carbocycles. The summed E-state index contributed by atoms with van der Waals surface area (Å²) in [4.78, 5) is 0. The predicted octanol–water partition coefficient (Wildman–Crippen LogP) is 3.19. The van der Waals surface area contributed by atoms with Gasteiger partial charge in [0.2, 0.25) is 0 Å². The molecule has 7 nitrogen and oxygen atoms in total. The molecule has 1 aliphatic rings. The normalized spacial score (nSPS) is 17.2. The maximum Gasteiger partial charge on any atom is 0.157 e. The van der Waals surface area contributed by atoms with E-state index < -0.39 is 0 Å². The molecule has 0 aromatic rings. The highest BCUT2D eigenvalue weighted by Gasteiger charge is 2.13. The maximum atomic E-state index is 5.59. The van der Waals surface area contributed by atoms with Crippen molar-refractivity contribution in [2.75, 3.05) is 79.3 Å². The number of ether oxygens (including phenoxy) is 7. The summed E-state index contributed by atoms with van der Waals surface area (Å²) in [6, 6.07) is 0. The fourth-order valence-electron chi connectivity index (χ4n) is 2.69. The van der Waals surface area contributed by atoms with Crippen LogP contribution in [0, 0.1) is 0 Å². The molecule has 1 heterocycles.